The lowest BCUT2D eigenvalue weighted by molar-refractivity contribution is 0.0613. The van der Waals surface area contributed by atoms with Crippen LogP contribution in [-0.4, -0.2) is 30.6 Å². The van der Waals surface area contributed by atoms with Gasteiger partial charge in [-0.15, -0.1) is 0 Å². The van der Waals surface area contributed by atoms with Crippen molar-refractivity contribution >= 4 is 0 Å². The number of para-hydroxylation sites is 1. The minimum Gasteiger partial charge on any atom is -0.496 e. The fraction of sp³-hybridized carbons (Fsp3) is 0.667. The molecule has 0 saturated carbocycles. The van der Waals surface area contributed by atoms with E-state index in [2.05, 4.69) is 37.8 Å². The van der Waals surface area contributed by atoms with Crippen molar-refractivity contribution in [3.8, 4) is 5.75 Å². The Bertz CT molecular complexity index is 449. The van der Waals surface area contributed by atoms with Crippen LogP contribution in [0.25, 0.3) is 0 Å². The van der Waals surface area contributed by atoms with Crippen molar-refractivity contribution < 1.29 is 4.74 Å². The van der Waals surface area contributed by atoms with Crippen molar-refractivity contribution in [1.29, 1.82) is 0 Å². The van der Waals surface area contributed by atoms with Gasteiger partial charge in [0.15, 0.2) is 0 Å². The first-order valence-electron chi connectivity index (χ1n) is 8.22. The van der Waals surface area contributed by atoms with Crippen molar-refractivity contribution in [2.75, 3.05) is 13.7 Å². The Labute approximate surface area is 129 Å². The lowest BCUT2D eigenvalue weighted by atomic mass is 9.88. The Balaban J connectivity index is 2.38. The van der Waals surface area contributed by atoms with Gasteiger partial charge >= 0.3 is 0 Å². The van der Waals surface area contributed by atoms with Gasteiger partial charge in [0.25, 0.3) is 0 Å². The van der Waals surface area contributed by atoms with E-state index in [0.29, 0.717) is 6.04 Å². The predicted octanol–water partition coefficient (Wildman–Crippen LogP) is 3.59. The second kappa shape index (κ2) is 7.28. The van der Waals surface area contributed by atoms with E-state index in [1.807, 2.05) is 12.1 Å². The summed E-state index contributed by atoms with van der Waals surface area (Å²) in [6, 6.07) is 9.28. The topological polar surface area (TPSA) is 38.5 Å². The van der Waals surface area contributed by atoms with E-state index in [4.69, 9.17) is 10.5 Å². The molecular formula is C18H30N2O. The molecule has 2 N–H and O–H groups in total. The van der Waals surface area contributed by atoms with Crippen LogP contribution in [0.5, 0.6) is 5.75 Å². The van der Waals surface area contributed by atoms with Gasteiger partial charge in [0.05, 0.1) is 13.2 Å². The highest BCUT2D eigenvalue weighted by Crippen LogP contribution is 2.37. The van der Waals surface area contributed by atoms with Gasteiger partial charge in [-0.05, 0) is 38.2 Å². The average Bonchev–Trinajstić information content (AvgIpc) is 2.51. The van der Waals surface area contributed by atoms with Gasteiger partial charge in [0.1, 0.15) is 5.75 Å². The van der Waals surface area contributed by atoms with Gasteiger partial charge < -0.3 is 10.5 Å². The van der Waals surface area contributed by atoms with E-state index in [9.17, 15) is 0 Å². The number of ether oxygens (including phenoxy) is 1. The van der Waals surface area contributed by atoms with Gasteiger partial charge in [-0.25, -0.2) is 0 Å². The molecule has 1 aromatic rings. The largest absolute Gasteiger partial charge is 0.496 e. The SMILES string of the molecule is CCC(N)C(c1ccccc1OC)N1CC(C)CCC1C. The van der Waals surface area contributed by atoms with E-state index in [-0.39, 0.29) is 12.1 Å². The second-order valence-corrected chi connectivity index (χ2v) is 6.49. The minimum atomic E-state index is 0.133. The fourth-order valence-corrected chi connectivity index (χ4v) is 3.50. The van der Waals surface area contributed by atoms with Gasteiger partial charge in [-0.1, -0.05) is 32.0 Å². The zero-order valence-corrected chi connectivity index (χ0v) is 13.9. The smallest absolute Gasteiger partial charge is 0.123 e. The Hall–Kier alpha value is -1.06. The van der Waals surface area contributed by atoms with E-state index >= 15 is 0 Å². The molecule has 118 valence electrons. The minimum absolute atomic E-state index is 0.133. The summed E-state index contributed by atoms with van der Waals surface area (Å²) in [7, 11) is 1.75. The molecule has 0 spiro atoms. The number of piperidine rings is 1. The molecule has 0 amide bonds. The van der Waals surface area contributed by atoms with Crippen LogP contribution in [0.2, 0.25) is 0 Å². The van der Waals surface area contributed by atoms with E-state index in [0.717, 1.165) is 24.6 Å². The Morgan fingerprint density at radius 2 is 2.00 bits per heavy atom. The average molecular weight is 290 g/mol. The number of likely N-dealkylation sites (tertiary alicyclic amines) is 1. The predicted molar refractivity (Wildman–Crippen MR) is 88.6 cm³/mol. The van der Waals surface area contributed by atoms with Crippen LogP contribution < -0.4 is 10.5 Å². The molecule has 2 rings (SSSR count). The molecule has 3 nitrogen and oxygen atoms in total. The van der Waals surface area contributed by atoms with Crippen molar-refractivity contribution in [3.05, 3.63) is 29.8 Å². The van der Waals surface area contributed by atoms with Crippen molar-refractivity contribution in [1.82, 2.24) is 4.90 Å². The van der Waals surface area contributed by atoms with E-state index in [1.54, 1.807) is 7.11 Å². The zero-order valence-electron chi connectivity index (χ0n) is 13.9. The van der Waals surface area contributed by atoms with Crippen LogP contribution >= 0.6 is 0 Å². The maximum atomic E-state index is 6.51. The van der Waals surface area contributed by atoms with Gasteiger partial charge in [0.2, 0.25) is 0 Å². The molecule has 4 atom stereocenters. The summed E-state index contributed by atoms with van der Waals surface area (Å²) < 4.78 is 5.59. The summed E-state index contributed by atoms with van der Waals surface area (Å²) in [6.07, 6.45) is 3.54. The Kier molecular flexibility index (Phi) is 5.65. The van der Waals surface area contributed by atoms with Crippen molar-refractivity contribution in [2.24, 2.45) is 11.7 Å². The van der Waals surface area contributed by atoms with Crippen LogP contribution in [0, 0.1) is 5.92 Å². The number of rotatable bonds is 5. The molecule has 0 radical (unpaired) electrons. The van der Waals surface area contributed by atoms with Crippen molar-refractivity contribution in [3.63, 3.8) is 0 Å². The summed E-state index contributed by atoms with van der Waals surface area (Å²) in [5.41, 5.74) is 7.75. The first kappa shape index (κ1) is 16.3. The first-order chi connectivity index (χ1) is 10.1. The third-order valence-electron chi connectivity index (χ3n) is 4.86. The van der Waals surface area contributed by atoms with Gasteiger partial charge in [0, 0.05) is 24.2 Å². The van der Waals surface area contributed by atoms with Crippen LogP contribution in [0.3, 0.4) is 0 Å². The summed E-state index contributed by atoms with van der Waals surface area (Å²) in [4.78, 5) is 2.60. The highest BCUT2D eigenvalue weighted by Gasteiger charge is 2.34. The van der Waals surface area contributed by atoms with Crippen LogP contribution in [0.1, 0.15) is 51.6 Å². The molecule has 1 aromatic carbocycles. The normalized spacial score (nSPS) is 26.3. The zero-order chi connectivity index (χ0) is 15.4. The second-order valence-electron chi connectivity index (χ2n) is 6.49. The summed E-state index contributed by atoms with van der Waals surface area (Å²) in [5.74, 6) is 1.69. The molecule has 1 fully saturated rings. The molecule has 21 heavy (non-hydrogen) atoms. The number of nitrogens with zero attached hydrogens (tertiary/aromatic N) is 1. The number of benzene rings is 1. The molecular weight excluding hydrogens is 260 g/mol. The fourth-order valence-electron chi connectivity index (χ4n) is 3.50. The standard InChI is InChI=1S/C18H30N2O/c1-5-16(19)18(15-8-6-7-9-17(15)21-4)20-12-13(2)10-11-14(20)3/h6-9,13-14,16,18H,5,10-12,19H2,1-4H3. The molecule has 1 aliphatic heterocycles. The quantitative estimate of drug-likeness (QED) is 0.900. The van der Waals surface area contributed by atoms with Gasteiger partial charge in [-0.2, -0.15) is 0 Å². The third kappa shape index (κ3) is 3.58. The number of hydrogen-bond acceptors (Lipinski definition) is 3. The van der Waals surface area contributed by atoms with Gasteiger partial charge in [-0.3, -0.25) is 4.90 Å². The Morgan fingerprint density at radius 3 is 2.67 bits per heavy atom. The number of hydrogen-bond donors (Lipinski definition) is 1. The lowest BCUT2D eigenvalue weighted by Crippen LogP contribution is -2.49. The van der Waals surface area contributed by atoms with E-state index in [1.165, 1.54) is 18.4 Å². The lowest BCUT2D eigenvalue weighted by Gasteiger charge is -2.44. The number of methoxy groups -OCH3 is 1. The summed E-state index contributed by atoms with van der Waals surface area (Å²) >= 11 is 0. The monoisotopic (exact) mass is 290 g/mol. The Morgan fingerprint density at radius 1 is 1.29 bits per heavy atom. The van der Waals surface area contributed by atoms with Crippen LogP contribution in [0.15, 0.2) is 24.3 Å². The third-order valence-corrected chi connectivity index (χ3v) is 4.86. The highest BCUT2D eigenvalue weighted by molar-refractivity contribution is 5.37. The van der Waals surface area contributed by atoms with Crippen molar-refractivity contribution in [2.45, 2.75) is 58.2 Å². The molecule has 1 saturated heterocycles. The van der Waals surface area contributed by atoms with Crippen LogP contribution in [-0.2, 0) is 0 Å². The first-order valence-corrected chi connectivity index (χ1v) is 8.22. The molecule has 4 unspecified atom stereocenters. The molecule has 0 aromatic heterocycles. The highest BCUT2D eigenvalue weighted by atomic mass is 16.5. The number of nitrogens with two attached hydrogens (primary N) is 1. The molecule has 0 bridgehead atoms. The summed E-state index contributed by atoms with van der Waals surface area (Å²) in [6.45, 7) is 7.97. The maximum absolute atomic E-state index is 6.51. The molecule has 3 heteroatoms. The molecule has 1 aliphatic rings. The molecule has 1 heterocycles. The molecule has 0 aliphatic carbocycles. The maximum Gasteiger partial charge on any atom is 0.123 e. The van der Waals surface area contributed by atoms with Crippen LogP contribution in [0.4, 0.5) is 0 Å². The van der Waals surface area contributed by atoms with E-state index < -0.39 is 0 Å². The summed E-state index contributed by atoms with van der Waals surface area (Å²) in [5, 5.41) is 0.